The quantitative estimate of drug-likeness (QED) is 0.752. The van der Waals surface area contributed by atoms with Gasteiger partial charge in [-0.1, -0.05) is 12.1 Å². The third-order valence-corrected chi connectivity index (χ3v) is 6.78. The first-order chi connectivity index (χ1) is 13.5. The van der Waals surface area contributed by atoms with Gasteiger partial charge in [-0.3, -0.25) is 19.3 Å². The maximum Gasteiger partial charge on any atom is 0.293 e. The van der Waals surface area contributed by atoms with E-state index in [-0.39, 0.29) is 35.0 Å². The summed E-state index contributed by atoms with van der Waals surface area (Å²) < 4.78 is 13.0. The molecule has 5 nitrogen and oxygen atoms in total. The van der Waals surface area contributed by atoms with Gasteiger partial charge in [0.05, 0.1) is 9.78 Å². The summed E-state index contributed by atoms with van der Waals surface area (Å²) in [6.45, 7) is 0.311. The van der Waals surface area contributed by atoms with Crippen molar-refractivity contribution in [2.24, 2.45) is 0 Å². The highest BCUT2D eigenvalue weighted by Gasteiger charge is 2.34. The van der Waals surface area contributed by atoms with Crippen LogP contribution in [0.2, 0.25) is 0 Å². The summed E-state index contributed by atoms with van der Waals surface area (Å²) in [5.41, 5.74) is 1.90. The first kappa shape index (κ1) is 18.9. The number of carbonyl (C=O) groups excluding carboxylic acids is 3. The molecular formula is C20H17FN2O3S2. The van der Waals surface area contributed by atoms with Gasteiger partial charge in [0, 0.05) is 18.0 Å². The molecule has 0 spiro atoms. The highest BCUT2D eigenvalue weighted by molar-refractivity contribution is 8.18. The Morgan fingerprint density at radius 1 is 1.21 bits per heavy atom. The first-order valence-corrected chi connectivity index (χ1v) is 10.6. The second kappa shape index (κ2) is 7.89. The molecule has 0 radical (unpaired) electrons. The lowest BCUT2D eigenvalue weighted by Crippen LogP contribution is -2.37. The largest absolute Gasteiger partial charge is 0.350 e. The van der Waals surface area contributed by atoms with Crippen LogP contribution >= 0.6 is 23.1 Å². The van der Waals surface area contributed by atoms with E-state index < -0.39 is 5.91 Å². The van der Waals surface area contributed by atoms with Gasteiger partial charge in [-0.25, -0.2) is 4.39 Å². The molecule has 1 aromatic heterocycles. The van der Waals surface area contributed by atoms with Gasteiger partial charge in [0.2, 0.25) is 0 Å². The number of nitrogens with zero attached hydrogens (tertiary/aromatic N) is 1. The maximum absolute atomic E-state index is 13.0. The highest BCUT2D eigenvalue weighted by Crippen LogP contribution is 2.32. The molecular weight excluding hydrogens is 399 g/mol. The minimum atomic E-state index is -0.399. The Balaban J connectivity index is 1.34. The van der Waals surface area contributed by atoms with Crippen molar-refractivity contribution >= 4 is 46.2 Å². The molecule has 28 heavy (non-hydrogen) atoms. The van der Waals surface area contributed by atoms with Crippen LogP contribution in [0.25, 0.3) is 6.08 Å². The van der Waals surface area contributed by atoms with Gasteiger partial charge in [-0.2, -0.15) is 0 Å². The Kier molecular flexibility index (Phi) is 5.32. The number of nitrogens with one attached hydrogen (secondary N) is 1. The maximum atomic E-state index is 13.0. The molecule has 2 aliphatic rings. The van der Waals surface area contributed by atoms with Crippen molar-refractivity contribution in [3.8, 4) is 0 Å². The molecule has 144 valence electrons. The molecule has 1 aliphatic carbocycles. The summed E-state index contributed by atoms with van der Waals surface area (Å²) in [7, 11) is 0. The second-order valence-corrected chi connectivity index (χ2v) is 8.68. The van der Waals surface area contributed by atoms with E-state index in [4.69, 9.17) is 0 Å². The molecule has 1 saturated heterocycles. The van der Waals surface area contributed by atoms with Gasteiger partial charge in [-0.05, 0) is 66.4 Å². The lowest BCUT2D eigenvalue weighted by Gasteiger charge is -2.12. The molecule has 4 rings (SSSR count). The number of thiophene rings is 1. The van der Waals surface area contributed by atoms with Crippen LogP contribution in [0.4, 0.5) is 9.18 Å². The van der Waals surface area contributed by atoms with Crippen LogP contribution in [0, 0.1) is 5.82 Å². The van der Waals surface area contributed by atoms with Crippen LogP contribution in [-0.2, 0) is 17.6 Å². The van der Waals surface area contributed by atoms with Gasteiger partial charge in [0.15, 0.2) is 0 Å². The molecule has 0 bridgehead atoms. The summed E-state index contributed by atoms with van der Waals surface area (Å²) in [6.07, 6.45) is 4.77. The van der Waals surface area contributed by atoms with Crippen molar-refractivity contribution in [1.82, 2.24) is 10.2 Å². The van der Waals surface area contributed by atoms with Crippen LogP contribution in [0.5, 0.6) is 0 Å². The number of benzene rings is 1. The molecule has 1 aromatic carbocycles. The average molecular weight is 416 g/mol. The fourth-order valence-electron chi connectivity index (χ4n) is 3.21. The molecule has 1 N–H and O–H groups in total. The van der Waals surface area contributed by atoms with Crippen molar-refractivity contribution in [2.45, 2.75) is 19.3 Å². The van der Waals surface area contributed by atoms with Gasteiger partial charge < -0.3 is 5.32 Å². The molecule has 0 saturated carbocycles. The average Bonchev–Trinajstić information content (AvgIpc) is 3.33. The van der Waals surface area contributed by atoms with Gasteiger partial charge in [0.25, 0.3) is 17.1 Å². The Labute approximate surface area is 169 Å². The van der Waals surface area contributed by atoms with E-state index in [9.17, 15) is 18.8 Å². The highest BCUT2D eigenvalue weighted by atomic mass is 32.2. The number of amides is 3. The van der Waals surface area contributed by atoms with Crippen LogP contribution in [0.15, 0.2) is 35.2 Å². The Morgan fingerprint density at radius 2 is 2.00 bits per heavy atom. The Bertz CT molecular complexity index is 960. The predicted molar refractivity (Wildman–Crippen MR) is 108 cm³/mol. The topological polar surface area (TPSA) is 66.5 Å². The molecule has 1 fully saturated rings. The van der Waals surface area contributed by atoms with E-state index in [0.717, 1.165) is 35.9 Å². The van der Waals surface area contributed by atoms with E-state index in [0.29, 0.717) is 10.4 Å². The van der Waals surface area contributed by atoms with E-state index in [1.54, 1.807) is 18.2 Å². The van der Waals surface area contributed by atoms with Gasteiger partial charge in [0.1, 0.15) is 5.82 Å². The molecule has 0 unspecified atom stereocenters. The van der Waals surface area contributed by atoms with Crippen molar-refractivity contribution in [2.75, 3.05) is 13.1 Å². The minimum Gasteiger partial charge on any atom is -0.350 e. The van der Waals surface area contributed by atoms with Crippen molar-refractivity contribution in [3.63, 3.8) is 0 Å². The van der Waals surface area contributed by atoms with Gasteiger partial charge >= 0.3 is 0 Å². The van der Waals surface area contributed by atoms with E-state index >= 15 is 0 Å². The summed E-state index contributed by atoms with van der Waals surface area (Å²) in [4.78, 5) is 40.2. The molecule has 1 aliphatic heterocycles. The summed E-state index contributed by atoms with van der Waals surface area (Å²) in [6, 6.07) is 7.62. The number of carbonyl (C=O) groups is 3. The van der Waals surface area contributed by atoms with E-state index in [1.807, 2.05) is 6.07 Å². The predicted octanol–water partition coefficient (Wildman–Crippen LogP) is 3.84. The lowest BCUT2D eigenvalue weighted by atomic mass is 10.2. The number of hydrogen-bond acceptors (Lipinski definition) is 5. The van der Waals surface area contributed by atoms with Crippen LogP contribution in [0.1, 0.15) is 32.1 Å². The molecule has 8 heteroatoms. The zero-order chi connectivity index (χ0) is 19.7. The third kappa shape index (κ3) is 3.88. The summed E-state index contributed by atoms with van der Waals surface area (Å²) >= 11 is 2.36. The third-order valence-electron chi connectivity index (χ3n) is 4.63. The van der Waals surface area contributed by atoms with Crippen molar-refractivity contribution in [3.05, 3.63) is 61.9 Å². The van der Waals surface area contributed by atoms with Crippen LogP contribution in [-0.4, -0.2) is 35.0 Å². The van der Waals surface area contributed by atoms with Crippen LogP contribution in [0.3, 0.4) is 0 Å². The lowest BCUT2D eigenvalue weighted by molar-refractivity contribution is -0.122. The minimum absolute atomic E-state index is 0.113. The molecule has 3 amide bonds. The standard InChI is InChI=1S/C20H17FN2O3S2/c21-14-6-4-12(5-7-14)10-17-19(25)23(20(26)28-17)9-8-22-18(24)16-11-13-2-1-3-15(13)27-16/h4-7,10-11H,1-3,8-9H2,(H,22,24)/b17-10-. The van der Waals surface area contributed by atoms with Crippen molar-refractivity contribution in [1.29, 1.82) is 0 Å². The smallest absolute Gasteiger partial charge is 0.293 e. The summed E-state index contributed by atoms with van der Waals surface area (Å²) in [5, 5.41) is 2.41. The fourth-order valence-corrected chi connectivity index (χ4v) is 5.25. The Morgan fingerprint density at radius 3 is 2.75 bits per heavy atom. The molecule has 2 aromatic rings. The number of halogens is 1. The number of hydrogen-bond donors (Lipinski definition) is 1. The normalized spacial score (nSPS) is 17.5. The number of aryl methyl sites for hydroxylation is 2. The Hall–Kier alpha value is -2.45. The number of imide groups is 1. The van der Waals surface area contributed by atoms with E-state index in [1.165, 1.54) is 33.9 Å². The monoisotopic (exact) mass is 416 g/mol. The molecule has 0 atom stereocenters. The first-order valence-electron chi connectivity index (χ1n) is 8.92. The second-order valence-electron chi connectivity index (χ2n) is 6.55. The fraction of sp³-hybridized carbons (Fsp3) is 0.250. The van der Waals surface area contributed by atoms with E-state index in [2.05, 4.69) is 5.32 Å². The van der Waals surface area contributed by atoms with Crippen molar-refractivity contribution < 1.29 is 18.8 Å². The number of rotatable bonds is 5. The number of thioether (sulfide) groups is 1. The molecule has 2 heterocycles. The van der Waals surface area contributed by atoms with Gasteiger partial charge in [-0.15, -0.1) is 11.3 Å². The van der Waals surface area contributed by atoms with Crippen LogP contribution < -0.4 is 5.32 Å². The zero-order valence-corrected chi connectivity index (χ0v) is 16.5. The SMILES string of the molecule is O=C(NCCN1C(=O)S/C(=C\c2ccc(F)cc2)C1=O)c1cc2c(s1)CCC2. The summed E-state index contributed by atoms with van der Waals surface area (Å²) in [5.74, 6) is -0.936. The number of fused-ring (bicyclic) bond motifs is 1. The zero-order valence-electron chi connectivity index (χ0n) is 14.9.